The van der Waals surface area contributed by atoms with Gasteiger partial charge in [0, 0.05) is 37.1 Å². The Kier molecular flexibility index (Phi) is 3.90. The van der Waals surface area contributed by atoms with E-state index in [1.54, 1.807) is 0 Å². The molecule has 3 heterocycles. The summed E-state index contributed by atoms with van der Waals surface area (Å²) in [6.07, 6.45) is 12.6. The van der Waals surface area contributed by atoms with Gasteiger partial charge in [0.15, 0.2) is 0 Å². The number of hydrogen-bond acceptors (Lipinski definition) is 5. The van der Waals surface area contributed by atoms with Crippen molar-refractivity contribution in [2.24, 2.45) is 0 Å². The van der Waals surface area contributed by atoms with Gasteiger partial charge in [0.1, 0.15) is 6.17 Å². The molecule has 2 aliphatic rings. The largest absolute Gasteiger partial charge is 0.368 e. The Morgan fingerprint density at radius 2 is 2.38 bits per heavy atom. The molecule has 0 aliphatic carbocycles. The van der Waals surface area contributed by atoms with Crippen LogP contribution in [0.4, 0.5) is 5.95 Å². The third-order valence-corrected chi connectivity index (χ3v) is 3.66. The van der Waals surface area contributed by atoms with E-state index in [2.05, 4.69) is 57.8 Å². The maximum atomic E-state index is 4.64. The maximum Gasteiger partial charge on any atom is 0.223 e. The molecule has 110 valence electrons. The van der Waals surface area contributed by atoms with Crippen molar-refractivity contribution in [3.8, 4) is 0 Å². The summed E-state index contributed by atoms with van der Waals surface area (Å²) in [5.41, 5.74) is 3.41. The summed E-state index contributed by atoms with van der Waals surface area (Å²) < 4.78 is 0. The van der Waals surface area contributed by atoms with E-state index in [1.807, 2.05) is 18.5 Å². The highest BCUT2D eigenvalue weighted by molar-refractivity contribution is 5.81. The van der Waals surface area contributed by atoms with Crippen LogP contribution in [0.3, 0.4) is 0 Å². The third kappa shape index (κ3) is 2.77. The van der Waals surface area contributed by atoms with Crippen LogP contribution in [0, 0.1) is 0 Å². The molecule has 3 rings (SSSR count). The molecule has 1 unspecified atom stereocenters. The Morgan fingerprint density at radius 3 is 3.24 bits per heavy atom. The van der Waals surface area contributed by atoms with Crippen LogP contribution in [0.15, 0.2) is 42.4 Å². The van der Waals surface area contributed by atoms with Crippen LogP contribution in [0.2, 0.25) is 0 Å². The van der Waals surface area contributed by atoms with Gasteiger partial charge in [-0.05, 0) is 25.1 Å². The molecule has 0 fully saturated rings. The fourth-order valence-electron chi connectivity index (χ4n) is 2.62. The van der Waals surface area contributed by atoms with Gasteiger partial charge in [-0.3, -0.25) is 0 Å². The smallest absolute Gasteiger partial charge is 0.223 e. The summed E-state index contributed by atoms with van der Waals surface area (Å²) in [5.74, 6) is 0.696. The van der Waals surface area contributed by atoms with Crippen LogP contribution < -0.4 is 10.6 Å². The quantitative estimate of drug-likeness (QED) is 0.888. The van der Waals surface area contributed by atoms with E-state index < -0.39 is 0 Å². The minimum atomic E-state index is 0.195. The number of anilines is 1. The fraction of sp³-hybridized carbons (Fsp3) is 0.375. The van der Waals surface area contributed by atoms with Crippen LogP contribution in [0.25, 0.3) is 5.57 Å². The molecular formula is C16H21N5. The van der Waals surface area contributed by atoms with Crippen molar-refractivity contribution < 1.29 is 0 Å². The number of allylic oxidation sites excluding steroid dienone is 2. The Morgan fingerprint density at radius 1 is 1.48 bits per heavy atom. The van der Waals surface area contributed by atoms with Gasteiger partial charge in [-0.2, -0.15) is 0 Å². The van der Waals surface area contributed by atoms with E-state index in [0.29, 0.717) is 5.95 Å². The predicted octanol–water partition coefficient (Wildman–Crippen LogP) is 2.34. The maximum absolute atomic E-state index is 4.64. The van der Waals surface area contributed by atoms with E-state index in [9.17, 15) is 0 Å². The van der Waals surface area contributed by atoms with E-state index in [0.717, 1.165) is 25.1 Å². The lowest BCUT2D eigenvalue weighted by Crippen LogP contribution is -2.35. The first-order chi connectivity index (χ1) is 10.3. The SMILES string of the molecule is CCCNc1nccc(C2=CN(C)C3NC=CCC=C23)n1. The first-order valence-corrected chi connectivity index (χ1v) is 7.42. The molecule has 0 amide bonds. The van der Waals surface area contributed by atoms with Gasteiger partial charge < -0.3 is 15.5 Å². The molecule has 5 nitrogen and oxygen atoms in total. The summed E-state index contributed by atoms with van der Waals surface area (Å²) >= 11 is 0. The lowest BCUT2D eigenvalue weighted by Gasteiger charge is -2.21. The Balaban J connectivity index is 1.89. The summed E-state index contributed by atoms with van der Waals surface area (Å²) in [6.45, 7) is 3.02. The molecule has 0 bridgehead atoms. The van der Waals surface area contributed by atoms with Crippen LogP contribution in [-0.2, 0) is 0 Å². The number of nitrogens with one attached hydrogen (secondary N) is 2. The van der Waals surface area contributed by atoms with Gasteiger partial charge in [0.25, 0.3) is 0 Å². The van der Waals surface area contributed by atoms with Crippen molar-refractivity contribution in [2.45, 2.75) is 25.9 Å². The molecular weight excluding hydrogens is 262 g/mol. The molecule has 2 aliphatic heterocycles. The minimum Gasteiger partial charge on any atom is -0.368 e. The summed E-state index contributed by atoms with van der Waals surface area (Å²) in [7, 11) is 2.08. The number of fused-ring (bicyclic) bond motifs is 1. The summed E-state index contributed by atoms with van der Waals surface area (Å²) in [5, 5.41) is 6.65. The van der Waals surface area contributed by atoms with Crippen LogP contribution in [0.1, 0.15) is 25.5 Å². The van der Waals surface area contributed by atoms with Gasteiger partial charge in [-0.1, -0.05) is 19.1 Å². The van der Waals surface area contributed by atoms with E-state index in [-0.39, 0.29) is 6.17 Å². The lowest BCUT2D eigenvalue weighted by atomic mass is 10.0. The van der Waals surface area contributed by atoms with Gasteiger partial charge in [0.2, 0.25) is 5.95 Å². The number of hydrogen-bond donors (Lipinski definition) is 2. The highest BCUT2D eigenvalue weighted by atomic mass is 15.3. The second-order valence-electron chi connectivity index (χ2n) is 5.27. The lowest BCUT2D eigenvalue weighted by molar-refractivity contribution is 0.365. The van der Waals surface area contributed by atoms with Crippen molar-refractivity contribution in [1.29, 1.82) is 0 Å². The predicted molar refractivity (Wildman–Crippen MR) is 85.3 cm³/mol. The van der Waals surface area contributed by atoms with E-state index in [1.165, 1.54) is 11.1 Å². The molecule has 1 atom stereocenters. The molecule has 0 spiro atoms. The molecule has 2 N–H and O–H groups in total. The second kappa shape index (κ2) is 5.99. The van der Waals surface area contributed by atoms with Gasteiger partial charge in [-0.25, -0.2) is 9.97 Å². The van der Waals surface area contributed by atoms with Crippen molar-refractivity contribution in [2.75, 3.05) is 18.9 Å². The average Bonchev–Trinajstić information content (AvgIpc) is 2.69. The zero-order valence-corrected chi connectivity index (χ0v) is 12.5. The zero-order valence-electron chi connectivity index (χ0n) is 12.5. The fourth-order valence-corrected chi connectivity index (χ4v) is 2.62. The van der Waals surface area contributed by atoms with Gasteiger partial charge in [-0.15, -0.1) is 0 Å². The first-order valence-electron chi connectivity index (χ1n) is 7.42. The Bertz CT molecular complexity index is 602. The van der Waals surface area contributed by atoms with Crippen molar-refractivity contribution in [1.82, 2.24) is 20.2 Å². The van der Waals surface area contributed by atoms with Crippen LogP contribution in [-0.4, -0.2) is 34.6 Å². The zero-order chi connectivity index (χ0) is 14.7. The van der Waals surface area contributed by atoms with Crippen molar-refractivity contribution in [3.05, 3.63) is 48.1 Å². The number of rotatable bonds is 4. The van der Waals surface area contributed by atoms with Crippen LogP contribution >= 0.6 is 0 Å². The molecule has 21 heavy (non-hydrogen) atoms. The van der Waals surface area contributed by atoms with Crippen LogP contribution in [0.5, 0.6) is 0 Å². The highest BCUT2D eigenvalue weighted by Gasteiger charge is 2.28. The third-order valence-electron chi connectivity index (χ3n) is 3.66. The number of aromatic nitrogens is 2. The molecule has 0 saturated heterocycles. The highest BCUT2D eigenvalue weighted by Crippen LogP contribution is 2.33. The Labute approximate surface area is 125 Å². The molecule has 0 saturated carbocycles. The first kappa shape index (κ1) is 13.7. The summed E-state index contributed by atoms with van der Waals surface area (Å²) in [6, 6.07) is 1.97. The molecule has 0 aromatic carbocycles. The molecule has 1 aromatic heterocycles. The standard InChI is InChI=1S/C16H21N5/c1-3-8-18-16-19-10-7-14(20-16)13-11-21(2)15-12(13)6-4-5-9-17-15/h5-7,9-11,15,17H,3-4,8H2,1-2H3,(H,18,19,20). The normalized spacial score (nSPS) is 20.3. The monoisotopic (exact) mass is 283 g/mol. The topological polar surface area (TPSA) is 53.1 Å². The van der Waals surface area contributed by atoms with Crippen molar-refractivity contribution in [3.63, 3.8) is 0 Å². The minimum absolute atomic E-state index is 0.195. The van der Waals surface area contributed by atoms with E-state index in [4.69, 9.17) is 0 Å². The van der Waals surface area contributed by atoms with Crippen molar-refractivity contribution >= 4 is 11.5 Å². The number of likely N-dealkylation sites (N-methyl/N-ethyl adjacent to an activating group) is 1. The summed E-state index contributed by atoms with van der Waals surface area (Å²) in [4.78, 5) is 11.1. The molecule has 0 radical (unpaired) electrons. The van der Waals surface area contributed by atoms with E-state index >= 15 is 0 Å². The molecule has 1 aromatic rings. The Hall–Kier alpha value is -2.30. The van der Waals surface area contributed by atoms with Gasteiger partial charge in [0.05, 0.1) is 5.69 Å². The second-order valence-corrected chi connectivity index (χ2v) is 5.27. The molecule has 5 heteroatoms. The number of nitrogens with zero attached hydrogens (tertiary/aromatic N) is 3. The van der Waals surface area contributed by atoms with Gasteiger partial charge >= 0.3 is 0 Å². The average molecular weight is 283 g/mol.